The van der Waals surface area contributed by atoms with Gasteiger partial charge in [-0.05, 0) is 36.8 Å². The number of rotatable bonds is 6. The van der Waals surface area contributed by atoms with Gasteiger partial charge >= 0.3 is 0 Å². The first-order valence-electron chi connectivity index (χ1n) is 13.9. The summed E-state index contributed by atoms with van der Waals surface area (Å²) in [6.45, 7) is 9.03. The van der Waals surface area contributed by atoms with Gasteiger partial charge in [0.1, 0.15) is 11.6 Å². The summed E-state index contributed by atoms with van der Waals surface area (Å²) in [6.07, 6.45) is 1.83. The molecule has 5 heterocycles. The summed E-state index contributed by atoms with van der Waals surface area (Å²) in [4.78, 5) is 37.0. The van der Waals surface area contributed by atoms with Crippen molar-refractivity contribution < 1.29 is 18.4 Å². The molecule has 2 amide bonds. The Hall–Kier alpha value is -3.83. The first-order valence-corrected chi connectivity index (χ1v) is 13.9. The standard InChI is InChI=1S/C30H33F2N7O2/c1-18-13-37(22(12-34-18)14-38-15-25-23(29(38)41)5-4-8-33-25)16-27(40)39-17-30(2,3)28-26(39)11-21(35-36-28)9-19-6-7-20(31)10-24(19)32/h4-8,10-11,18,22,34H,9,12-17H2,1-3H3/t18-,22-/m1/s1. The van der Waals surface area contributed by atoms with E-state index in [1.54, 1.807) is 29.3 Å². The van der Waals surface area contributed by atoms with Crippen molar-refractivity contribution in [1.29, 1.82) is 0 Å². The Morgan fingerprint density at radius 1 is 1.17 bits per heavy atom. The monoisotopic (exact) mass is 561 g/mol. The normalized spacial score (nSPS) is 21.7. The smallest absolute Gasteiger partial charge is 0.256 e. The number of anilines is 1. The molecule has 3 aliphatic heterocycles. The van der Waals surface area contributed by atoms with E-state index in [1.807, 2.05) is 18.7 Å². The zero-order valence-corrected chi connectivity index (χ0v) is 23.4. The van der Waals surface area contributed by atoms with Crippen molar-refractivity contribution in [1.82, 2.24) is 30.3 Å². The molecule has 1 fully saturated rings. The summed E-state index contributed by atoms with van der Waals surface area (Å²) in [5, 5.41) is 12.2. The maximum atomic E-state index is 14.3. The Morgan fingerprint density at radius 3 is 2.78 bits per heavy atom. The van der Waals surface area contributed by atoms with Crippen LogP contribution in [0.4, 0.5) is 14.5 Å². The number of fused-ring (bicyclic) bond motifs is 2. The molecule has 1 N–H and O–H groups in total. The van der Waals surface area contributed by atoms with Gasteiger partial charge in [0.15, 0.2) is 0 Å². The molecule has 1 aromatic carbocycles. The van der Waals surface area contributed by atoms with E-state index in [1.165, 1.54) is 12.1 Å². The molecular weight excluding hydrogens is 528 g/mol. The molecule has 0 unspecified atom stereocenters. The average molecular weight is 562 g/mol. The predicted molar refractivity (Wildman–Crippen MR) is 148 cm³/mol. The van der Waals surface area contributed by atoms with Crippen LogP contribution in [0.5, 0.6) is 0 Å². The van der Waals surface area contributed by atoms with Crippen molar-refractivity contribution in [2.75, 3.05) is 37.6 Å². The van der Waals surface area contributed by atoms with Gasteiger partial charge in [-0.2, -0.15) is 10.2 Å². The number of nitrogens with zero attached hydrogens (tertiary/aromatic N) is 6. The van der Waals surface area contributed by atoms with Gasteiger partial charge in [0.05, 0.1) is 41.4 Å². The number of aromatic nitrogens is 3. The zero-order valence-electron chi connectivity index (χ0n) is 23.4. The highest BCUT2D eigenvalue weighted by Gasteiger charge is 2.42. The van der Waals surface area contributed by atoms with E-state index in [0.717, 1.165) is 11.8 Å². The number of carbonyl (C=O) groups is 2. The molecule has 1 saturated heterocycles. The Bertz CT molecular complexity index is 1510. The van der Waals surface area contributed by atoms with Gasteiger partial charge in [0.25, 0.3) is 5.91 Å². The minimum absolute atomic E-state index is 0.0306. The number of nitrogens with one attached hydrogen (secondary N) is 1. The first-order chi connectivity index (χ1) is 19.6. The van der Waals surface area contributed by atoms with Crippen molar-refractivity contribution in [3.63, 3.8) is 0 Å². The molecule has 214 valence electrons. The van der Waals surface area contributed by atoms with Crippen molar-refractivity contribution in [2.45, 2.75) is 51.2 Å². The minimum atomic E-state index is -0.644. The number of piperazine rings is 1. The molecule has 0 spiro atoms. The average Bonchev–Trinajstić information content (AvgIpc) is 3.39. The molecule has 6 rings (SSSR count). The van der Waals surface area contributed by atoms with E-state index < -0.39 is 17.0 Å². The van der Waals surface area contributed by atoms with E-state index >= 15 is 0 Å². The van der Waals surface area contributed by atoms with E-state index in [4.69, 9.17) is 0 Å². The fraction of sp³-hybridized carbons (Fsp3) is 0.433. The van der Waals surface area contributed by atoms with Crippen LogP contribution in [-0.2, 0) is 23.2 Å². The summed E-state index contributed by atoms with van der Waals surface area (Å²) < 4.78 is 27.7. The molecule has 0 bridgehead atoms. The van der Waals surface area contributed by atoms with Gasteiger partial charge in [-0.15, -0.1) is 0 Å². The third-order valence-corrected chi connectivity index (χ3v) is 8.24. The van der Waals surface area contributed by atoms with Crippen molar-refractivity contribution >= 4 is 17.5 Å². The summed E-state index contributed by atoms with van der Waals surface area (Å²) >= 11 is 0. The van der Waals surface area contributed by atoms with Crippen LogP contribution in [0.15, 0.2) is 42.6 Å². The molecule has 9 nitrogen and oxygen atoms in total. The lowest BCUT2D eigenvalue weighted by molar-refractivity contribution is -0.120. The number of hydrogen-bond donors (Lipinski definition) is 1. The lowest BCUT2D eigenvalue weighted by Gasteiger charge is -2.41. The Balaban J connectivity index is 1.20. The topological polar surface area (TPSA) is 94.6 Å². The summed E-state index contributed by atoms with van der Waals surface area (Å²) in [5.74, 6) is -1.38. The molecule has 3 aromatic rings. The Kier molecular flexibility index (Phi) is 7.03. The SMILES string of the molecule is C[C@@H]1CN(CC(=O)N2CC(C)(C)c3nnc(Cc4ccc(F)cc4F)cc32)[C@@H](CN2Cc3ncccc3C2=O)CN1. The van der Waals surface area contributed by atoms with Crippen molar-refractivity contribution in [3.05, 3.63) is 82.4 Å². The van der Waals surface area contributed by atoms with Gasteiger partial charge in [-0.25, -0.2) is 8.78 Å². The number of amides is 2. The molecule has 2 aromatic heterocycles. The van der Waals surface area contributed by atoms with Crippen LogP contribution in [0.2, 0.25) is 0 Å². The largest absolute Gasteiger partial charge is 0.331 e. The molecule has 0 saturated carbocycles. The number of hydrogen-bond acceptors (Lipinski definition) is 7. The van der Waals surface area contributed by atoms with Gasteiger partial charge in [-0.1, -0.05) is 19.9 Å². The highest BCUT2D eigenvalue weighted by Crippen LogP contribution is 2.39. The highest BCUT2D eigenvalue weighted by molar-refractivity contribution is 5.98. The molecule has 0 radical (unpaired) electrons. The van der Waals surface area contributed by atoms with E-state index in [9.17, 15) is 18.4 Å². The number of carbonyl (C=O) groups excluding carboxylic acids is 2. The third-order valence-electron chi connectivity index (χ3n) is 8.24. The van der Waals surface area contributed by atoms with Gasteiger partial charge in [0, 0.05) is 62.4 Å². The van der Waals surface area contributed by atoms with E-state index in [-0.39, 0.29) is 36.9 Å². The maximum absolute atomic E-state index is 14.3. The number of halogens is 2. The van der Waals surface area contributed by atoms with Crippen LogP contribution >= 0.6 is 0 Å². The van der Waals surface area contributed by atoms with Crippen LogP contribution in [0.1, 0.15) is 53.8 Å². The molecular formula is C30H33F2N7O2. The van der Waals surface area contributed by atoms with Crippen LogP contribution in [0.25, 0.3) is 0 Å². The zero-order chi connectivity index (χ0) is 28.9. The third kappa shape index (κ3) is 5.31. The summed E-state index contributed by atoms with van der Waals surface area (Å²) in [5.41, 5.74) is 3.21. The van der Waals surface area contributed by atoms with Crippen LogP contribution in [0.3, 0.4) is 0 Å². The Labute approximate surface area is 237 Å². The van der Waals surface area contributed by atoms with E-state index in [2.05, 4.69) is 32.3 Å². The van der Waals surface area contributed by atoms with Crippen LogP contribution in [0, 0.1) is 11.6 Å². The van der Waals surface area contributed by atoms with Gasteiger partial charge in [0.2, 0.25) is 5.91 Å². The Morgan fingerprint density at radius 2 is 2.00 bits per heavy atom. The molecule has 0 aliphatic carbocycles. The quantitative estimate of drug-likeness (QED) is 0.495. The summed E-state index contributed by atoms with van der Waals surface area (Å²) in [7, 11) is 0. The predicted octanol–water partition coefficient (Wildman–Crippen LogP) is 2.68. The fourth-order valence-corrected chi connectivity index (χ4v) is 6.08. The second-order valence-corrected chi connectivity index (χ2v) is 11.9. The van der Waals surface area contributed by atoms with Crippen molar-refractivity contribution in [3.8, 4) is 0 Å². The highest BCUT2D eigenvalue weighted by atomic mass is 19.1. The van der Waals surface area contributed by atoms with Gasteiger partial charge < -0.3 is 15.1 Å². The van der Waals surface area contributed by atoms with Crippen LogP contribution < -0.4 is 10.2 Å². The summed E-state index contributed by atoms with van der Waals surface area (Å²) in [6, 6.07) is 8.99. The number of pyridine rings is 1. The fourth-order valence-electron chi connectivity index (χ4n) is 6.08. The molecule has 3 aliphatic rings. The first kappa shape index (κ1) is 27.3. The maximum Gasteiger partial charge on any atom is 0.256 e. The lowest BCUT2D eigenvalue weighted by atomic mass is 9.91. The molecule has 41 heavy (non-hydrogen) atoms. The van der Waals surface area contributed by atoms with Gasteiger partial charge in [-0.3, -0.25) is 19.5 Å². The van der Waals surface area contributed by atoms with E-state index in [0.29, 0.717) is 60.9 Å². The second kappa shape index (κ2) is 10.5. The van der Waals surface area contributed by atoms with Crippen molar-refractivity contribution in [2.24, 2.45) is 0 Å². The minimum Gasteiger partial charge on any atom is -0.331 e. The molecule has 11 heteroatoms. The second-order valence-electron chi connectivity index (χ2n) is 11.9. The lowest BCUT2D eigenvalue weighted by Crippen LogP contribution is -2.60. The number of benzene rings is 1. The van der Waals surface area contributed by atoms with Crippen LogP contribution in [-0.4, -0.2) is 81.6 Å². The molecule has 2 atom stereocenters.